The highest BCUT2D eigenvalue weighted by Crippen LogP contribution is 2.13. The Balaban J connectivity index is 4.92. The first-order valence-electron chi connectivity index (χ1n) is 15.6. The molecule has 0 spiro atoms. The fraction of sp³-hybridized carbons (Fsp3) is 1.00. The van der Waals surface area contributed by atoms with Crippen LogP contribution in [0.25, 0.3) is 0 Å². The third-order valence-corrected chi connectivity index (χ3v) is 7.18. The third-order valence-electron chi connectivity index (χ3n) is 4.95. The van der Waals surface area contributed by atoms with Crippen molar-refractivity contribution in [3.05, 3.63) is 0 Å². The summed E-state index contributed by atoms with van der Waals surface area (Å²) < 4.78 is 67.5. The lowest BCUT2D eigenvalue weighted by molar-refractivity contribution is -0.0761. The summed E-state index contributed by atoms with van der Waals surface area (Å²) in [5, 5.41) is 37.1. The van der Waals surface area contributed by atoms with Crippen molar-refractivity contribution in [1.29, 1.82) is 0 Å². The van der Waals surface area contributed by atoms with Gasteiger partial charge < -0.3 is 76.0 Å². The van der Waals surface area contributed by atoms with Gasteiger partial charge in [-0.3, -0.25) is 0 Å². The summed E-state index contributed by atoms with van der Waals surface area (Å²) in [6, 6.07) is 0. The first-order chi connectivity index (χ1) is 21.7. The first kappa shape index (κ1) is 44.6. The molecule has 272 valence electrons. The lowest BCUT2D eigenvalue weighted by Crippen LogP contribution is -2.51. The number of hydrogen-bond donors (Lipinski definition) is 4. The summed E-state index contributed by atoms with van der Waals surface area (Å²) in [6.07, 6.45) is -2.19. The molecule has 0 heterocycles. The van der Waals surface area contributed by atoms with Gasteiger partial charge in [0, 0.05) is 0 Å². The van der Waals surface area contributed by atoms with Gasteiger partial charge in [-0.05, 0) is 27.7 Å². The van der Waals surface area contributed by atoms with Gasteiger partial charge >= 0.3 is 9.05 Å². The number of aliphatic hydroxyl groups is 4. The van der Waals surface area contributed by atoms with E-state index in [1.807, 2.05) is 0 Å². The van der Waals surface area contributed by atoms with E-state index in [4.69, 9.17) is 55.6 Å². The highest BCUT2D eigenvalue weighted by molar-refractivity contribution is 6.53. The van der Waals surface area contributed by atoms with E-state index < -0.39 is 33.5 Å². The average molecular weight is 681 g/mol. The largest absolute Gasteiger partial charge is 0.680 e. The predicted molar refractivity (Wildman–Crippen MR) is 163 cm³/mol. The van der Waals surface area contributed by atoms with Crippen LogP contribution in [0.5, 0.6) is 0 Å². The van der Waals surface area contributed by atoms with Gasteiger partial charge in [0.05, 0.1) is 157 Å². The highest BCUT2D eigenvalue weighted by atomic mass is 28.4. The van der Waals surface area contributed by atoms with Crippen LogP contribution in [0.1, 0.15) is 27.7 Å². The minimum atomic E-state index is -3.73. The SMILES string of the molecule is CC(O)COCCOCCO[Si](OCCOCCOCC(C)O)(OCCOCCOCC(C)O)OCCOCCOCC(C)O. The molecule has 4 N–H and O–H groups in total. The van der Waals surface area contributed by atoms with Crippen LogP contribution in [0.15, 0.2) is 0 Å². The Bertz CT molecular complexity index is 501. The van der Waals surface area contributed by atoms with Crippen LogP contribution in [0.4, 0.5) is 0 Å². The molecule has 0 rings (SSSR count). The molecule has 0 aromatic rings. The lowest BCUT2D eigenvalue weighted by atomic mass is 10.4. The van der Waals surface area contributed by atoms with Crippen LogP contribution in [0.2, 0.25) is 0 Å². The van der Waals surface area contributed by atoms with Gasteiger partial charge in [0.1, 0.15) is 0 Å². The van der Waals surface area contributed by atoms with Crippen molar-refractivity contribution in [2.24, 2.45) is 0 Å². The molecule has 0 aliphatic carbocycles. The molecular weight excluding hydrogens is 620 g/mol. The Labute approximate surface area is 269 Å². The molecule has 0 radical (unpaired) electrons. The molecule has 0 aliphatic heterocycles. The Kier molecular flexibility index (Phi) is 31.8. The molecule has 4 unspecified atom stereocenters. The second kappa shape index (κ2) is 32.1. The molecule has 45 heavy (non-hydrogen) atoms. The maximum atomic E-state index is 9.27. The van der Waals surface area contributed by atoms with Gasteiger partial charge in [0.15, 0.2) is 0 Å². The van der Waals surface area contributed by atoms with E-state index in [-0.39, 0.29) is 79.3 Å². The summed E-state index contributed by atoms with van der Waals surface area (Å²) in [7, 11) is -3.73. The summed E-state index contributed by atoms with van der Waals surface area (Å²) in [6.45, 7) is 11.3. The maximum Gasteiger partial charge on any atom is 0.680 e. The quantitative estimate of drug-likeness (QED) is 0.0472. The van der Waals surface area contributed by atoms with E-state index in [1.54, 1.807) is 27.7 Å². The molecular formula is C28H60O16Si. The zero-order valence-electron chi connectivity index (χ0n) is 27.6. The molecule has 0 aliphatic rings. The minimum Gasteiger partial charge on any atom is -0.391 e. The van der Waals surface area contributed by atoms with Crippen LogP contribution >= 0.6 is 0 Å². The fourth-order valence-electron chi connectivity index (χ4n) is 3.05. The Morgan fingerprint density at radius 1 is 0.311 bits per heavy atom. The molecule has 0 saturated carbocycles. The van der Waals surface area contributed by atoms with Crippen molar-refractivity contribution >= 4 is 9.05 Å². The summed E-state index contributed by atoms with van der Waals surface area (Å²) in [5.41, 5.74) is 0. The van der Waals surface area contributed by atoms with E-state index in [0.717, 1.165) is 0 Å². The van der Waals surface area contributed by atoms with Crippen LogP contribution in [-0.2, 0) is 55.6 Å². The molecule has 17 heteroatoms. The maximum absolute atomic E-state index is 9.27. The number of ether oxygens (including phenoxy) is 8. The van der Waals surface area contributed by atoms with Crippen molar-refractivity contribution in [2.45, 2.75) is 52.1 Å². The van der Waals surface area contributed by atoms with E-state index in [9.17, 15) is 20.4 Å². The summed E-state index contributed by atoms with van der Waals surface area (Å²) in [4.78, 5) is 0. The van der Waals surface area contributed by atoms with Gasteiger partial charge in [-0.25, -0.2) is 0 Å². The smallest absolute Gasteiger partial charge is 0.391 e. The standard InChI is InChI=1S/C28H60O16Si/c1-25(29)21-37-9-5-33-13-17-41-45(42-18-14-34-6-10-38-22-26(2)30,43-19-15-35-7-11-39-23-27(3)31)44-20-16-36-8-12-40-24-28(4)32/h25-32H,5-24H2,1-4H3. The first-order valence-corrected chi connectivity index (χ1v) is 17.2. The molecule has 0 fully saturated rings. The Hall–Kier alpha value is -0.423. The third kappa shape index (κ3) is 33.3. The van der Waals surface area contributed by atoms with E-state index in [0.29, 0.717) is 52.9 Å². The lowest BCUT2D eigenvalue weighted by Gasteiger charge is -2.28. The second-order valence-corrected chi connectivity index (χ2v) is 12.2. The van der Waals surface area contributed by atoms with Gasteiger partial charge in [-0.15, -0.1) is 0 Å². The normalized spacial score (nSPS) is 16.0. The molecule has 0 saturated heterocycles. The summed E-state index contributed by atoms with van der Waals surface area (Å²) >= 11 is 0. The van der Waals surface area contributed by atoms with Crippen LogP contribution < -0.4 is 0 Å². The molecule has 16 nitrogen and oxygen atoms in total. The topological polar surface area (TPSA) is 192 Å². The number of hydrogen-bond acceptors (Lipinski definition) is 16. The molecule has 0 amide bonds. The van der Waals surface area contributed by atoms with Crippen molar-refractivity contribution in [3.8, 4) is 0 Å². The van der Waals surface area contributed by atoms with Gasteiger partial charge in [0.2, 0.25) is 0 Å². The predicted octanol–water partition coefficient (Wildman–Crippen LogP) is -0.856. The van der Waals surface area contributed by atoms with Crippen molar-refractivity contribution in [3.63, 3.8) is 0 Å². The van der Waals surface area contributed by atoms with Crippen molar-refractivity contribution < 1.29 is 76.0 Å². The molecule has 4 atom stereocenters. The van der Waals surface area contributed by atoms with Crippen LogP contribution in [-0.4, -0.2) is 186 Å². The second-order valence-electron chi connectivity index (χ2n) is 10.0. The Morgan fingerprint density at radius 3 is 0.689 bits per heavy atom. The molecule has 0 bridgehead atoms. The highest BCUT2D eigenvalue weighted by Gasteiger charge is 2.46. The van der Waals surface area contributed by atoms with Crippen molar-refractivity contribution in [1.82, 2.24) is 0 Å². The fourth-order valence-corrected chi connectivity index (χ4v) is 4.88. The van der Waals surface area contributed by atoms with Gasteiger partial charge in [-0.1, -0.05) is 0 Å². The van der Waals surface area contributed by atoms with E-state index in [1.165, 1.54) is 0 Å². The summed E-state index contributed by atoms with van der Waals surface area (Å²) in [5.74, 6) is 0. The number of rotatable bonds is 36. The van der Waals surface area contributed by atoms with Gasteiger partial charge in [-0.2, -0.15) is 0 Å². The minimum absolute atomic E-state index is 0.110. The average Bonchev–Trinajstić information content (AvgIpc) is 2.97. The Morgan fingerprint density at radius 2 is 0.489 bits per heavy atom. The zero-order valence-corrected chi connectivity index (χ0v) is 28.6. The van der Waals surface area contributed by atoms with Crippen LogP contribution in [0, 0.1) is 0 Å². The van der Waals surface area contributed by atoms with Crippen molar-refractivity contribution in [2.75, 3.05) is 132 Å². The molecule has 0 aromatic heterocycles. The number of aliphatic hydroxyl groups excluding tert-OH is 4. The monoisotopic (exact) mass is 680 g/mol. The van der Waals surface area contributed by atoms with E-state index >= 15 is 0 Å². The van der Waals surface area contributed by atoms with Crippen LogP contribution in [0.3, 0.4) is 0 Å². The molecule has 0 aromatic carbocycles. The van der Waals surface area contributed by atoms with Gasteiger partial charge in [0.25, 0.3) is 0 Å². The van der Waals surface area contributed by atoms with E-state index in [2.05, 4.69) is 0 Å². The zero-order chi connectivity index (χ0) is 33.4.